The average molecular weight is 468 g/mol. The van der Waals surface area contributed by atoms with Gasteiger partial charge in [0, 0.05) is 37.7 Å². The molecule has 0 saturated carbocycles. The van der Waals surface area contributed by atoms with Crippen molar-refractivity contribution < 1.29 is 17.9 Å². The molecule has 12 heteroatoms. The summed E-state index contributed by atoms with van der Waals surface area (Å²) in [6.07, 6.45) is 1.40. The summed E-state index contributed by atoms with van der Waals surface area (Å²) in [7, 11) is -0.730. The number of carbonyl (C=O) groups excluding carboxylic acids is 1. The molecular weight excluding hydrogens is 446 g/mol. The first-order chi connectivity index (χ1) is 15.7. The Kier molecular flexibility index (Phi) is 7.07. The zero-order valence-electron chi connectivity index (χ0n) is 17.8. The van der Waals surface area contributed by atoms with Gasteiger partial charge < -0.3 is 15.8 Å². The van der Waals surface area contributed by atoms with Gasteiger partial charge in [-0.25, -0.2) is 9.97 Å². The first kappa shape index (κ1) is 23.5. The lowest BCUT2D eigenvalue weighted by Gasteiger charge is -2.14. The first-order valence-corrected chi connectivity index (χ1v) is 11.0. The number of nitrogens with one attached hydrogen (secondary N) is 2. The molecule has 0 aliphatic heterocycles. The van der Waals surface area contributed by atoms with E-state index in [9.17, 15) is 18.5 Å². The van der Waals surface area contributed by atoms with E-state index in [1.54, 1.807) is 42.5 Å². The van der Waals surface area contributed by atoms with E-state index in [2.05, 4.69) is 26.1 Å². The summed E-state index contributed by atoms with van der Waals surface area (Å²) in [5.74, 6) is -0.187. The second kappa shape index (κ2) is 9.94. The Bertz CT molecular complexity index is 1300. The largest absolute Gasteiger partial charge is 0.487 e. The van der Waals surface area contributed by atoms with Crippen LogP contribution in [0.15, 0.2) is 54.7 Å². The third-order valence-electron chi connectivity index (χ3n) is 4.34. The van der Waals surface area contributed by atoms with Gasteiger partial charge in [-0.05, 0) is 35.9 Å². The predicted octanol–water partition coefficient (Wildman–Crippen LogP) is 1.99. The second-order valence-electron chi connectivity index (χ2n) is 6.95. The number of carbonyl (C=O) groups is 1. The predicted molar refractivity (Wildman–Crippen MR) is 122 cm³/mol. The summed E-state index contributed by atoms with van der Waals surface area (Å²) in [5.41, 5.74) is 7.34. The van der Waals surface area contributed by atoms with Crippen molar-refractivity contribution in [1.82, 2.24) is 14.3 Å². The van der Waals surface area contributed by atoms with Crippen LogP contribution in [0.3, 0.4) is 0 Å². The van der Waals surface area contributed by atoms with E-state index >= 15 is 0 Å². The zero-order chi connectivity index (χ0) is 24.0. The fraction of sp³-hybridized carbons (Fsp3) is 0.143. The van der Waals surface area contributed by atoms with E-state index in [1.165, 1.54) is 26.4 Å². The number of primary amides is 1. The molecule has 33 heavy (non-hydrogen) atoms. The van der Waals surface area contributed by atoms with Crippen molar-refractivity contribution in [2.24, 2.45) is 5.73 Å². The maximum absolute atomic E-state index is 11.9. The Balaban J connectivity index is 1.71. The maximum atomic E-state index is 11.9. The summed E-state index contributed by atoms with van der Waals surface area (Å²) in [6.45, 7) is 0.145. The zero-order valence-corrected chi connectivity index (χ0v) is 18.6. The molecule has 170 valence electrons. The van der Waals surface area contributed by atoms with Crippen LogP contribution in [0.2, 0.25) is 0 Å². The fourth-order valence-electron chi connectivity index (χ4n) is 2.57. The van der Waals surface area contributed by atoms with Crippen LogP contribution in [0.5, 0.6) is 5.75 Å². The fourth-order valence-corrected chi connectivity index (χ4v) is 3.18. The molecule has 1 aromatic heterocycles. The third kappa shape index (κ3) is 6.16. The molecule has 11 nitrogen and oxygen atoms in total. The van der Waals surface area contributed by atoms with E-state index in [1.807, 2.05) is 0 Å². The summed E-state index contributed by atoms with van der Waals surface area (Å²) >= 11 is 0. The van der Waals surface area contributed by atoms with Crippen molar-refractivity contribution in [3.8, 4) is 11.8 Å². The molecule has 0 atom stereocenters. The number of rotatable bonds is 9. The molecule has 0 fully saturated rings. The molecule has 0 unspecified atom stereocenters. The van der Waals surface area contributed by atoms with Crippen LogP contribution < -0.4 is 20.5 Å². The van der Waals surface area contributed by atoms with E-state index in [0.717, 1.165) is 9.87 Å². The number of aromatic nitrogens is 2. The Morgan fingerprint density at radius 1 is 1.15 bits per heavy atom. The number of benzene rings is 2. The molecule has 3 rings (SSSR count). The van der Waals surface area contributed by atoms with Crippen molar-refractivity contribution in [1.29, 1.82) is 5.26 Å². The SMILES string of the molecule is CN(C)S(=O)(=O)Nc1ccc(COc2cc(Nc3nccc(C(N)=O)n3)ccc2C#N)cc1. The number of nitriles is 1. The number of hydrogen-bond acceptors (Lipinski definition) is 8. The molecule has 0 bridgehead atoms. The molecule has 4 N–H and O–H groups in total. The van der Waals surface area contributed by atoms with Gasteiger partial charge in [0.15, 0.2) is 0 Å². The molecule has 0 aliphatic rings. The van der Waals surface area contributed by atoms with Gasteiger partial charge in [0.25, 0.3) is 5.91 Å². The summed E-state index contributed by atoms with van der Waals surface area (Å²) in [6, 6.07) is 15.0. The molecule has 2 aromatic carbocycles. The number of ether oxygens (including phenoxy) is 1. The number of nitrogens with two attached hydrogens (primary N) is 1. The highest BCUT2D eigenvalue weighted by atomic mass is 32.2. The highest BCUT2D eigenvalue weighted by Gasteiger charge is 2.13. The highest BCUT2D eigenvalue weighted by Crippen LogP contribution is 2.25. The van der Waals surface area contributed by atoms with Crippen molar-refractivity contribution in [2.45, 2.75) is 6.61 Å². The van der Waals surface area contributed by atoms with Gasteiger partial charge in [-0.1, -0.05) is 12.1 Å². The Morgan fingerprint density at radius 3 is 2.48 bits per heavy atom. The maximum Gasteiger partial charge on any atom is 0.301 e. The number of nitrogens with zero attached hydrogens (tertiary/aromatic N) is 4. The topological polar surface area (TPSA) is 163 Å². The smallest absolute Gasteiger partial charge is 0.301 e. The minimum absolute atomic E-state index is 0.0638. The molecule has 3 aromatic rings. The van der Waals surface area contributed by atoms with Crippen LogP contribution in [-0.4, -0.2) is 42.7 Å². The van der Waals surface area contributed by atoms with Crippen LogP contribution in [0.4, 0.5) is 17.3 Å². The highest BCUT2D eigenvalue weighted by molar-refractivity contribution is 7.90. The van der Waals surface area contributed by atoms with Gasteiger partial charge in [0.2, 0.25) is 5.95 Å². The van der Waals surface area contributed by atoms with Gasteiger partial charge in [0.1, 0.15) is 24.1 Å². The van der Waals surface area contributed by atoms with Crippen molar-refractivity contribution >= 4 is 33.4 Å². The Hall–Kier alpha value is -4.21. The van der Waals surface area contributed by atoms with Gasteiger partial charge in [0.05, 0.1) is 5.56 Å². The molecule has 1 amide bonds. The van der Waals surface area contributed by atoms with Gasteiger partial charge >= 0.3 is 10.2 Å². The minimum atomic E-state index is -3.59. The summed E-state index contributed by atoms with van der Waals surface area (Å²) in [4.78, 5) is 19.4. The van der Waals surface area contributed by atoms with Crippen molar-refractivity contribution in [3.63, 3.8) is 0 Å². The Morgan fingerprint density at radius 2 is 1.85 bits per heavy atom. The number of amides is 1. The monoisotopic (exact) mass is 467 g/mol. The first-order valence-electron chi connectivity index (χ1n) is 9.54. The number of anilines is 3. The third-order valence-corrected chi connectivity index (χ3v) is 5.80. The average Bonchev–Trinajstić information content (AvgIpc) is 2.78. The van der Waals surface area contributed by atoms with E-state index in [4.69, 9.17) is 10.5 Å². The van der Waals surface area contributed by atoms with Gasteiger partial charge in [-0.3, -0.25) is 9.52 Å². The van der Waals surface area contributed by atoms with Crippen molar-refractivity contribution in [3.05, 3.63) is 71.5 Å². The lowest BCUT2D eigenvalue weighted by Crippen LogP contribution is -2.28. The van der Waals surface area contributed by atoms with Crippen LogP contribution in [0.25, 0.3) is 0 Å². The Labute approximate surface area is 191 Å². The lowest BCUT2D eigenvalue weighted by molar-refractivity contribution is 0.0995. The minimum Gasteiger partial charge on any atom is -0.487 e. The molecule has 0 radical (unpaired) electrons. The van der Waals surface area contributed by atoms with Crippen LogP contribution in [0, 0.1) is 11.3 Å². The van der Waals surface area contributed by atoms with E-state index < -0.39 is 16.1 Å². The molecule has 0 spiro atoms. The lowest BCUT2D eigenvalue weighted by atomic mass is 10.2. The molecule has 0 aliphatic carbocycles. The standard InChI is InChI=1S/C21H21N7O4S/c1-28(2)33(30,31)27-16-6-3-14(4-7-16)13-32-19-11-17(8-5-15(19)12-22)25-21-24-10-9-18(26-21)20(23)29/h3-11,27H,13H2,1-2H3,(H2,23,29)(H,24,25,26). The molecule has 1 heterocycles. The molecule has 0 saturated heterocycles. The summed E-state index contributed by atoms with van der Waals surface area (Å²) < 4.78 is 33.1. The normalized spacial score (nSPS) is 11.0. The van der Waals surface area contributed by atoms with Crippen LogP contribution in [-0.2, 0) is 16.8 Å². The van der Waals surface area contributed by atoms with Gasteiger partial charge in [-0.2, -0.15) is 18.0 Å². The van der Waals surface area contributed by atoms with Gasteiger partial charge in [-0.15, -0.1) is 0 Å². The molecular formula is C21H21N7O4S. The van der Waals surface area contributed by atoms with E-state index in [0.29, 0.717) is 22.7 Å². The van der Waals surface area contributed by atoms with E-state index in [-0.39, 0.29) is 18.2 Å². The second-order valence-corrected chi connectivity index (χ2v) is 8.84. The quantitative estimate of drug-likeness (QED) is 0.430. The van der Waals surface area contributed by atoms with Crippen LogP contribution in [0.1, 0.15) is 21.6 Å². The van der Waals surface area contributed by atoms with Crippen molar-refractivity contribution in [2.75, 3.05) is 24.1 Å². The van der Waals surface area contributed by atoms with Crippen LogP contribution >= 0.6 is 0 Å². The number of hydrogen-bond donors (Lipinski definition) is 3. The summed E-state index contributed by atoms with van der Waals surface area (Å²) in [5, 5.41) is 12.3.